The van der Waals surface area contributed by atoms with Gasteiger partial charge >= 0.3 is 0 Å². The molecule has 144 valence electrons. The second-order valence-electron chi connectivity index (χ2n) is 6.82. The van der Waals surface area contributed by atoms with Crippen LogP contribution in [0.15, 0.2) is 59.7 Å². The van der Waals surface area contributed by atoms with Gasteiger partial charge in [-0.1, -0.05) is 24.3 Å². The van der Waals surface area contributed by atoms with Gasteiger partial charge in [-0.3, -0.25) is 4.79 Å². The molecule has 1 N–H and O–H groups in total. The summed E-state index contributed by atoms with van der Waals surface area (Å²) in [5.74, 6) is 0.611. The van der Waals surface area contributed by atoms with Crippen LogP contribution in [0.25, 0.3) is 5.69 Å². The minimum absolute atomic E-state index is 0.158. The summed E-state index contributed by atoms with van der Waals surface area (Å²) in [7, 11) is 1.62. The second-order valence-corrected chi connectivity index (χ2v) is 6.82. The first kappa shape index (κ1) is 19.4. The number of nitrogens with one attached hydrogen (secondary N) is 1. The summed E-state index contributed by atoms with van der Waals surface area (Å²) in [6.07, 6.45) is 1.96. The number of benzene rings is 2. The Morgan fingerprint density at radius 3 is 2.54 bits per heavy atom. The molecular formula is C23H25N3O2. The molecule has 0 radical (unpaired) electrons. The summed E-state index contributed by atoms with van der Waals surface area (Å²) in [5.41, 5.74) is 9.02. The van der Waals surface area contributed by atoms with E-state index < -0.39 is 0 Å². The average Bonchev–Trinajstić information content (AvgIpc) is 2.96. The molecule has 1 amide bonds. The smallest absolute Gasteiger partial charge is 0.244 e. The molecule has 3 aromatic rings. The van der Waals surface area contributed by atoms with E-state index in [0.717, 1.165) is 34.0 Å². The summed E-state index contributed by atoms with van der Waals surface area (Å²) in [6.45, 7) is 6.20. The molecule has 0 bridgehead atoms. The number of carbonyl (C=O) groups excluding carboxylic acids is 1. The highest BCUT2D eigenvalue weighted by Crippen LogP contribution is 2.20. The van der Waals surface area contributed by atoms with Crippen molar-refractivity contribution in [3.63, 3.8) is 0 Å². The van der Waals surface area contributed by atoms with Crippen molar-refractivity contribution in [1.82, 2.24) is 9.99 Å². The summed E-state index contributed by atoms with van der Waals surface area (Å²) in [5, 5.41) is 4.14. The summed E-state index contributed by atoms with van der Waals surface area (Å²) >= 11 is 0. The molecule has 0 saturated carbocycles. The van der Waals surface area contributed by atoms with Crippen molar-refractivity contribution in [2.45, 2.75) is 27.2 Å². The van der Waals surface area contributed by atoms with Crippen molar-refractivity contribution in [3.05, 3.63) is 82.7 Å². The molecule has 1 heterocycles. The zero-order valence-corrected chi connectivity index (χ0v) is 16.7. The summed E-state index contributed by atoms with van der Waals surface area (Å²) in [4.78, 5) is 12.1. The molecule has 0 spiro atoms. The first-order valence-electron chi connectivity index (χ1n) is 9.18. The van der Waals surface area contributed by atoms with Gasteiger partial charge in [0, 0.05) is 22.6 Å². The lowest BCUT2D eigenvalue weighted by molar-refractivity contribution is -0.120. The van der Waals surface area contributed by atoms with Crippen LogP contribution in [0.1, 0.15) is 28.1 Å². The highest BCUT2D eigenvalue weighted by Gasteiger charge is 2.09. The molecule has 3 rings (SSSR count). The fraction of sp³-hybridized carbons (Fsp3) is 0.217. The largest absolute Gasteiger partial charge is 0.497 e. The fourth-order valence-electron chi connectivity index (χ4n) is 3.22. The number of aromatic nitrogens is 1. The van der Waals surface area contributed by atoms with Gasteiger partial charge in [0.2, 0.25) is 5.91 Å². The van der Waals surface area contributed by atoms with Crippen LogP contribution < -0.4 is 10.2 Å². The van der Waals surface area contributed by atoms with E-state index in [1.54, 1.807) is 13.3 Å². The third-order valence-electron chi connectivity index (χ3n) is 4.65. The van der Waals surface area contributed by atoms with Crippen molar-refractivity contribution < 1.29 is 9.53 Å². The Morgan fingerprint density at radius 2 is 1.86 bits per heavy atom. The molecule has 0 aliphatic heterocycles. The van der Waals surface area contributed by atoms with Gasteiger partial charge in [-0.05, 0) is 62.2 Å². The van der Waals surface area contributed by atoms with E-state index in [-0.39, 0.29) is 12.3 Å². The van der Waals surface area contributed by atoms with Crippen molar-refractivity contribution in [2.75, 3.05) is 7.11 Å². The van der Waals surface area contributed by atoms with Crippen LogP contribution in [0.2, 0.25) is 0 Å². The van der Waals surface area contributed by atoms with Gasteiger partial charge in [0.25, 0.3) is 0 Å². The van der Waals surface area contributed by atoms with Crippen LogP contribution in [0, 0.1) is 20.8 Å². The highest BCUT2D eigenvalue weighted by atomic mass is 16.5. The van der Waals surface area contributed by atoms with E-state index in [9.17, 15) is 4.79 Å². The van der Waals surface area contributed by atoms with Crippen LogP contribution in [-0.2, 0) is 11.2 Å². The molecule has 1 aromatic heterocycles. The SMILES string of the molecule is COc1ccc(CC(=O)N/N=C\c2cc(C)n(-c3cccc(C)c3)c2C)cc1. The topological polar surface area (TPSA) is 55.6 Å². The maximum Gasteiger partial charge on any atom is 0.244 e. The molecule has 28 heavy (non-hydrogen) atoms. The minimum atomic E-state index is -0.158. The Morgan fingerprint density at radius 1 is 1.11 bits per heavy atom. The first-order chi connectivity index (χ1) is 13.5. The van der Waals surface area contributed by atoms with Gasteiger partial charge in [0.1, 0.15) is 5.75 Å². The van der Waals surface area contributed by atoms with E-state index in [1.165, 1.54) is 5.56 Å². The number of ether oxygens (including phenoxy) is 1. The Kier molecular flexibility index (Phi) is 5.94. The first-order valence-corrected chi connectivity index (χ1v) is 9.18. The van der Waals surface area contributed by atoms with E-state index in [1.807, 2.05) is 24.3 Å². The monoisotopic (exact) mass is 375 g/mol. The Balaban J connectivity index is 1.67. The van der Waals surface area contributed by atoms with Crippen LogP contribution in [0.5, 0.6) is 5.75 Å². The van der Waals surface area contributed by atoms with Crippen molar-refractivity contribution in [3.8, 4) is 11.4 Å². The maximum atomic E-state index is 12.1. The molecule has 0 fully saturated rings. The lowest BCUT2D eigenvalue weighted by Crippen LogP contribution is -2.19. The average molecular weight is 375 g/mol. The lowest BCUT2D eigenvalue weighted by atomic mass is 10.1. The Hall–Kier alpha value is -3.34. The van der Waals surface area contributed by atoms with Gasteiger partial charge < -0.3 is 9.30 Å². The fourth-order valence-corrected chi connectivity index (χ4v) is 3.22. The van der Waals surface area contributed by atoms with Gasteiger partial charge in [-0.15, -0.1) is 0 Å². The predicted octanol–water partition coefficient (Wildman–Crippen LogP) is 4.10. The summed E-state index contributed by atoms with van der Waals surface area (Å²) in [6, 6.07) is 17.9. The number of amides is 1. The normalized spacial score (nSPS) is 11.0. The molecule has 0 atom stereocenters. The van der Waals surface area contributed by atoms with E-state index in [2.05, 4.69) is 66.2 Å². The molecule has 5 nitrogen and oxygen atoms in total. The molecule has 0 aliphatic rings. The van der Waals surface area contributed by atoms with Crippen LogP contribution in [0.3, 0.4) is 0 Å². The van der Waals surface area contributed by atoms with Gasteiger partial charge in [0.15, 0.2) is 0 Å². The Labute approximate surface area is 165 Å². The summed E-state index contributed by atoms with van der Waals surface area (Å²) < 4.78 is 7.31. The molecule has 2 aromatic carbocycles. The number of hydrogen-bond acceptors (Lipinski definition) is 3. The molecule has 5 heteroatoms. The van der Waals surface area contributed by atoms with Gasteiger partial charge in [-0.2, -0.15) is 5.10 Å². The third-order valence-corrected chi connectivity index (χ3v) is 4.65. The molecule has 0 saturated heterocycles. The zero-order valence-electron chi connectivity index (χ0n) is 16.7. The van der Waals surface area contributed by atoms with Crippen LogP contribution in [0.4, 0.5) is 0 Å². The quantitative estimate of drug-likeness (QED) is 0.521. The highest BCUT2D eigenvalue weighted by molar-refractivity contribution is 5.84. The number of nitrogens with zero attached hydrogens (tertiary/aromatic N) is 2. The van der Waals surface area contributed by atoms with Crippen LogP contribution in [-0.4, -0.2) is 23.8 Å². The Bertz CT molecular complexity index is 1000. The maximum absolute atomic E-state index is 12.1. The van der Waals surface area contributed by atoms with Gasteiger partial charge in [0.05, 0.1) is 19.7 Å². The number of hydrogen-bond donors (Lipinski definition) is 1. The molecular weight excluding hydrogens is 350 g/mol. The van der Waals surface area contributed by atoms with E-state index in [0.29, 0.717) is 0 Å². The number of hydrazone groups is 1. The predicted molar refractivity (Wildman–Crippen MR) is 112 cm³/mol. The second kappa shape index (κ2) is 8.57. The minimum Gasteiger partial charge on any atom is -0.497 e. The van der Waals surface area contributed by atoms with Gasteiger partial charge in [-0.25, -0.2) is 5.43 Å². The zero-order chi connectivity index (χ0) is 20.1. The van der Waals surface area contributed by atoms with Crippen LogP contribution >= 0.6 is 0 Å². The molecule has 0 aliphatic carbocycles. The third kappa shape index (κ3) is 4.49. The number of methoxy groups -OCH3 is 1. The number of rotatable bonds is 6. The van der Waals surface area contributed by atoms with Crippen molar-refractivity contribution in [2.24, 2.45) is 5.10 Å². The standard InChI is InChI=1S/C23H25N3O2/c1-16-6-5-7-21(12-16)26-17(2)13-20(18(26)3)15-24-25-23(27)14-19-8-10-22(28-4)11-9-19/h5-13,15H,14H2,1-4H3,(H,25,27)/b24-15-. The van der Waals surface area contributed by atoms with Crippen molar-refractivity contribution >= 4 is 12.1 Å². The number of aryl methyl sites for hydroxylation is 2. The number of carbonyl (C=O) groups is 1. The van der Waals surface area contributed by atoms with Crippen molar-refractivity contribution in [1.29, 1.82) is 0 Å². The van der Waals surface area contributed by atoms with E-state index in [4.69, 9.17) is 4.74 Å². The molecule has 0 unspecified atom stereocenters. The lowest BCUT2D eigenvalue weighted by Gasteiger charge is -2.10. The van der Waals surface area contributed by atoms with E-state index >= 15 is 0 Å².